The average Bonchev–Trinajstić information content (AvgIpc) is 2.15. The Morgan fingerprint density at radius 1 is 1.33 bits per heavy atom. The first-order chi connectivity index (χ1) is 6.97. The minimum atomic E-state index is -3.36. The Morgan fingerprint density at radius 2 is 1.93 bits per heavy atom. The molecule has 0 saturated carbocycles. The third-order valence-electron chi connectivity index (χ3n) is 1.68. The lowest BCUT2D eigenvalue weighted by molar-refractivity contribution is 0.0670. The number of hydrogen-bond donors (Lipinski definition) is 0. The zero-order valence-electron chi connectivity index (χ0n) is 7.56. The third kappa shape index (κ3) is 2.26. The summed E-state index contributed by atoms with van der Waals surface area (Å²) in [5, 5.41) is 0. The van der Waals surface area contributed by atoms with Crippen molar-refractivity contribution in [1.82, 2.24) is 0 Å². The predicted molar refractivity (Wildman–Crippen MR) is 43.2 cm³/mol. The lowest BCUT2D eigenvalue weighted by Gasteiger charge is -2.08. The molecule has 15 heavy (non-hydrogen) atoms. The van der Waals surface area contributed by atoms with Gasteiger partial charge in [-0.15, -0.1) is 0 Å². The molecule has 82 valence electrons. The van der Waals surface area contributed by atoms with Gasteiger partial charge in [0.25, 0.3) is 0 Å². The standard InChI is InChI=1S/C9H6F4O2/c1-15-6-3-4(10)2-5(11)7(6)8(14)9(12)13/h2-3,9H,1H3. The molecule has 0 unspecified atom stereocenters. The highest BCUT2D eigenvalue weighted by molar-refractivity contribution is 6.01. The van der Waals surface area contributed by atoms with Crippen LogP contribution >= 0.6 is 0 Å². The molecule has 6 heteroatoms. The van der Waals surface area contributed by atoms with Gasteiger partial charge in [-0.3, -0.25) is 4.79 Å². The normalized spacial score (nSPS) is 10.5. The van der Waals surface area contributed by atoms with Gasteiger partial charge in [-0.05, 0) is 0 Å². The van der Waals surface area contributed by atoms with Gasteiger partial charge in [0.05, 0.1) is 7.11 Å². The van der Waals surface area contributed by atoms with Crippen molar-refractivity contribution in [1.29, 1.82) is 0 Å². The van der Waals surface area contributed by atoms with E-state index in [1.807, 2.05) is 0 Å². The summed E-state index contributed by atoms with van der Waals surface area (Å²) in [5.74, 6) is -4.64. The minimum Gasteiger partial charge on any atom is -0.496 e. The van der Waals surface area contributed by atoms with E-state index in [4.69, 9.17) is 0 Å². The lowest BCUT2D eigenvalue weighted by atomic mass is 10.1. The maximum atomic E-state index is 13.0. The molecule has 0 fully saturated rings. The van der Waals surface area contributed by atoms with E-state index in [1.165, 1.54) is 0 Å². The van der Waals surface area contributed by atoms with Gasteiger partial charge in [-0.25, -0.2) is 17.6 Å². The Hall–Kier alpha value is -1.59. The average molecular weight is 222 g/mol. The molecule has 1 aromatic rings. The summed E-state index contributed by atoms with van der Waals surface area (Å²) in [7, 11) is 1.02. The Bertz CT molecular complexity index is 390. The molecule has 1 rings (SSSR count). The summed E-state index contributed by atoms with van der Waals surface area (Å²) >= 11 is 0. The van der Waals surface area contributed by atoms with Crippen LogP contribution in [0.4, 0.5) is 17.6 Å². The van der Waals surface area contributed by atoms with Crippen molar-refractivity contribution in [2.24, 2.45) is 0 Å². The van der Waals surface area contributed by atoms with Crippen LogP contribution < -0.4 is 4.74 Å². The van der Waals surface area contributed by atoms with E-state index in [-0.39, 0.29) is 0 Å². The molecule has 0 amide bonds. The van der Waals surface area contributed by atoms with Gasteiger partial charge in [-0.1, -0.05) is 0 Å². The molecule has 0 aromatic heterocycles. The van der Waals surface area contributed by atoms with Crippen LogP contribution in [-0.4, -0.2) is 19.3 Å². The maximum Gasteiger partial charge on any atom is 0.300 e. The summed E-state index contributed by atoms with van der Waals surface area (Å²) in [5.41, 5.74) is -0.936. The highest BCUT2D eigenvalue weighted by Crippen LogP contribution is 2.25. The fourth-order valence-corrected chi connectivity index (χ4v) is 1.06. The van der Waals surface area contributed by atoms with Gasteiger partial charge in [-0.2, -0.15) is 0 Å². The van der Waals surface area contributed by atoms with E-state index in [2.05, 4.69) is 4.74 Å². The van der Waals surface area contributed by atoms with Gasteiger partial charge in [0.15, 0.2) is 0 Å². The van der Waals surface area contributed by atoms with Crippen LogP contribution in [0.3, 0.4) is 0 Å². The third-order valence-corrected chi connectivity index (χ3v) is 1.68. The van der Waals surface area contributed by atoms with E-state index in [9.17, 15) is 22.4 Å². The van der Waals surface area contributed by atoms with Crippen LogP contribution in [0.25, 0.3) is 0 Å². The fraction of sp³-hybridized carbons (Fsp3) is 0.222. The number of ketones is 1. The number of carbonyl (C=O) groups is 1. The molecule has 2 nitrogen and oxygen atoms in total. The molecule has 0 heterocycles. The number of alkyl halides is 2. The largest absolute Gasteiger partial charge is 0.496 e. The molecule has 0 aliphatic heterocycles. The second-order valence-electron chi connectivity index (χ2n) is 2.63. The van der Waals surface area contributed by atoms with E-state index < -0.39 is 35.2 Å². The van der Waals surface area contributed by atoms with Crippen molar-refractivity contribution in [3.63, 3.8) is 0 Å². The zero-order valence-corrected chi connectivity index (χ0v) is 7.56. The number of rotatable bonds is 3. The van der Waals surface area contributed by atoms with Crippen molar-refractivity contribution in [2.45, 2.75) is 6.43 Å². The molecular weight excluding hydrogens is 216 g/mol. The Labute approximate surface area is 82.5 Å². The van der Waals surface area contributed by atoms with E-state index in [0.717, 1.165) is 7.11 Å². The highest BCUT2D eigenvalue weighted by Gasteiger charge is 2.26. The smallest absolute Gasteiger partial charge is 0.300 e. The number of Topliss-reactive ketones (excluding diaryl/α,β-unsaturated/α-hetero) is 1. The maximum absolute atomic E-state index is 13.0. The number of hydrogen-bond acceptors (Lipinski definition) is 2. The van der Waals surface area contributed by atoms with Gasteiger partial charge >= 0.3 is 6.43 Å². The van der Waals surface area contributed by atoms with Crippen molar-refractivity contribution >= 4 is 5.78 Å². The molecule has 0 bridgehead atoms. The van der Waals surface area contributed by atoms with Crippen molar-refractivity contribution in [3.05, 3.63) is 29.3 Å². The number of carbonyl (C=O) groups excluding carboxylic acids is 1. The second kappa shape index (κ2) is 4.29. The predicted octanol–water partition coefficient (Wildman–Crippen LogP) is 2.42. The summed E-state index contributed by atoms with van der Waals surface area (Å²) < 4.78 is 54.2. The molecule has 0 N–H and O–H groups in total. The zero-order chi connectivity index (χ0) is 11.6. The first-order valence-corrected chi connectivity index (χ1v) is 3.82. The van der Waals surface area contributed by atoms with Gasteiger partial charge < -0.3 is 4.74 Å². The van der Waals surface area contributed by atoms with Crippen molar-refractivity contribution in [2.75, 3.05) is 7.11 Å². The fourth-order valence-electron chi connectivity index (χ4n) is 1.06. The summed E-state index contributed by atoms with van der Waals surface area (Å²) in [6, 6.07) is 1.01. The van der Waals surface area contributed by atoms with Crippen LogP contribution in [0.1, 0.15) is 10.4 Å². The Morgan fingerprint density at radius 3 is 2.40 bits per heavy atom. The molecule has 0 spiro atoms. The molecule has 0 saturated heterocycles. The molecule has 0 atom stereocenters. The summed E-state index contributed by atoms with van der Waals surface area (Å²) in [6.45, 7) is 0. The first kappa shape index (κ1) is 11.5. The van der Waals surface area contributed by atoms with E-state index in [0.29, 0.717) is 12.1 Å². The Balaban J connectivity index is 3.33. The van der Waals surface area contributed by atoms with Gasteiger partial charge in [0.1, 0.15) is 22.9 Å². The lowest BCUT2D eigenvalue weighted by Crippen LogP contribution is -2.14. The monoisotopic (exact) mass is 222 g/mol. The second-order valence-corrected chi connectivity index (χ2v) is 2.63. The van der Waals surface area contributed by atoms with Crippen LogP contribution in [-0.2, 0) is 0 Å². The summed E-state index contributed by atoms with van der Waals surface area (Å²) in [4.78, 5) is 10.9. The van der Waals surface area contributed by atoms with E-state index >= 15 is 0 Å². The van der Waals surface area contributed by atoms with E-state index in [1.54, 1.807) is 0 Å². The first-order valence-electron chi connectivity index (χ1n) is 3.82. The van der Waals surface area contributed by atoms with Crippen molar-refractivity contribution < 1.29 is 27.1 Å². The number of methoxy groups -OCH3 is 1. The number of halogens is 4. The minimum absolute atomic E-state index is 0.345. The number of benzene rings is 1. The molecule has 0 radical (unpaired) electrons. The quantitative estimate of drug-likeness (QED) is 0.579. The highest BCUT2D eigenvalue weighted by atomic mass is 19.3. The molecule has 0 aliphatic rings. The van der Waals surface area contributed by atoms with Crippen LogP contribution in [0, 0.1) is 11.6 Å². The SMILES string of the molecule is COc1cc(F)cc(F)c1C(=O)C(F)F. The van der Waals surface area contributed by atoms with Crippen LogP contribution in [0.2, 0.25) is 0 Å². The van der Waals surface area contributed by atoms with Crippen LogP contribution in [0.15, 0.2) is 12.1 Å². The Kier molecular flexibility index (Phi) is 3.28. The van der Waals surface area contributed by atoms with Crippen molar-refractivity contribution in [3.8, 4) is 5.75 Å². The van der Waals surface area contributed by atoms with Gasteiger partial charge in [0, 0.05) is 12.1 Å². The molecular formula is C9H6F4O2. The molecule has 1 aromatic carbocycles. The van der Waals surface area contributed by atoms with Gasteiger partial charge in [0.2, 0.25) is 5.78 Å². The molecule has 0 aliphatic carbocycles. The summed E-state index contributed by atoms with van der Waals surface area (Å²) in [6.07, 6.45) is -3.36. The van der Waals surface area contributed by atoms with Crippen LogP contribution in [0.5, 0.6) is 5.75 Å². The number of ether oxygens (including phenoxy) is 1. The topological polar surface area (TPSA) is 26.3 Å².